The molecule has 10 heteroatoms. The summed E-state index contributed by atoms with van der Waals surface area (Å²) in [5, 5.41) is 0.189. The lowest BCUT2D eigenvalue weighted by Crippen LogP contribution is -2.49. The number of sulfonamides is 1. The summed E-state index contributed by atoms with van der Waals surface area (Å²) in [6.45, 7) is 4.90. The number of halogens is 1. The molecule has 1 aliphatic heterocycles. The Morgan fingerprint density at radius 1 is 1.13 bits per heavy atom. The fraction of sp³-hybridized carbons (Fsp3) is 0.400. The van der Waals surface area contributed by atoms with Crippen molar-refractivity contribution in [2.24, 2.45) is 0 Å². The van der Waals surface area contributed by atoms with Crippen molar-refractivity contribution in [1.82, 2.24) is 14.2 Å². The molecular weight excluding hydrogens is 430 g/mol. The number of carbonyl (C=O) groups is 2. The molecule has 0 spiro atoms. The predicted octanol–water partition coefficient (Wildman–Crippen LogP) is 2.26. The van der Waals surface area contributed by atoms with Gasteiger partial charge in [0.2, 0.25) is 10.0 Å². The number of H-pyrrole nitrogens is 1. The highest BCUT2D eigenvalue weighted by atomic mass is 35.5. The van der Waals surface area contributed by atoms with E-state index in [1.807, 2.05) is 4.90 Å². The normalized spacial score (nSPS) is 15.9. The summed E-state index contributed by atoms with van der Waals surface area (Å²) < 4.78 is 31.8. The summed E-state index contributed by atoms with van der Waals surface area (Å²) >= 11 is 6.06. The standard InChI is InChI=1S/C20H24ClN3O5S/c1-13-18(20(26)29-3)14(2)22-19(13)16(25)12-23-8-10-24(11-9-23)30(27,28)17-7-5-4-6-15(17)21/h4-7,22H,8-12H2,1-3H3. The van der Waals surface area contributed by atoms with Crippen LogP contribution < -0.4 is 0 Å². The molecule has 1 fully saturated rings. The molecule has 0 atom stereocenters. The van der Waals surface area contributed by atoms with E-state index in [1.165, 1.54) is 17.5 Å². The first kappa shape index (κ1) is 22.5. The van der Waals surface area contributed by atoms with Gasteiger partial charge in [-0.2, -0.15) is 4.31 Å². The number of nitrogens with one attached hydrogen (secondary N) is 1. The molecule has 0 unspecified atom stereocenters. The number of hydrogen-bond acceptors (Lipinski definition) is 6. The minimum Gasteiger partial charge on any atom is -0.465 e. The van der Waals surface area contributed by atoms with E-state index in [0.717, 1.165) is 0 Å². The number of carbonyl (C=O) groups excluding carboxylic acids is 2. The zero-order valence-electron chi connectivity index (χ0n) is 17.1. The van der Waals surface area contributed by atoms with E-state index in [-0.39, 0.29) is 35.3 Å². The van der Waals surface area contributed by atoms with Crippen LogP contribution in [0.15, 0.2) is 29.2 Å². The van der Waals surface area contributed by atoms with E-state index in [9.17, 15) is 18.0 Å². The minimum absolute atomic E-state index is 0.0871. The van der Waals surface area contributed by atoms with E-state index in [2.05, 4.69) is 4.98 Å². The molecule has 2 aromatic rings. The monoisotopic (exact) mass is 453 g/mol. The van der Waals surface area contributed by atoms with Crippen molar-refractivity contribution < 1.29 is 22.7 Å². The Hall–Kier alpha value is -2.20. The van der Waals surface area contributed by atoms with Gasteiger partial charge in [0.25, 0.3) is 0 Å². The molecular formula is C20H24ClN3O5S. The summed E-state index contributed by atoms with van der Waals surface area (Å²) in [5.41, 5.74) is 1.89. The molecule has 0 saturated carbocycles. The topological polar surface area (TPSA) is 99.8 Å². The Morgan fingerprint density at radius 2 is 1.77 bits per heavy atom. The summed E-state index contributed by atoms with van der Waals surface area (Å²) in [5.74, 6) is -0.646. The predicted molar refractivity (Wildman–Crippen MR) is 113 cm³/mol. The molecule has 0 radical (unpaired) electrons. The first-order valence-electron chi connectivity index (χ1n) is 9.44. The van der Waals surface area contributed by atoms with E-state index < -0.39 is 16.0 Å². The highest BCUT2D eigenvalue weighted by Crippen LogP contribution is 2.25. The number of methoxy groups -OCH3 is 1. The molecule has 30 heavy (non-hydrogen) atoms. The Labute approximate surface area is 180 Å². The highest BCUT2D eigenvalue weighted by molar-refractivity contribution is 7.89. The van der Waals surface area contributed by atoms with Crippen LogP contribution in [0.4, 0.5) is 0 Å². The Morgan fingerprint density at radius 3 is 2.37 bits per heavy atom. The molecule has 8 nitrogen and oxygen atoms in total. The van der Waals surface area contributed by atoms with Crippen LogP contribution in [-0.2, 0) is 14.8 Å². The van der Waals surface area contributed by atoms with Gasteiger partial charge < -0.3 is 9.72 Å². The van der Waals surface area contributed by atoms with Crippen molar-refractivity contribution in [3.8, 4) is 0 Å². The maximum absolute atomic E-state index is 12.8. The number of esters is 1. The number of aryl methyl sites for hydroxylation is 1. The number of hydrogen-bond donors (Lipinski definition) is 1. The first-order chi connectivity index (χ1) is 14.2. The molecule has 3 rings (SSSR count). The van der Waals surface area contributed by atoms with Crippen LogP contribution in [-0.4, -0.2) is 74.2 Å². The van der Waals surface area contributed by atoms with Gasteiger partial charge in [0.15, 0.2) is 5.78 Å². The van der Waals surface area contributed by atoms with Crippen molar-refractivity contribution >= 4 is 33.4 Å². The molecule has 1 aliphatic rings. The Balaban J connectivity index is 1.66. The minimum atomic E-state index is -3.69. The number of aromatic nitrogens is 1. The van der Waals surface area contributed by atoms with Gasteiger partial charge in [-0.1, -0.05) is 23.7 Å². The molecule has 1 aromatic carbocycles. The van der Waals surface area contributed by atoms with Crippen LogP contribution in [0.1, 0.15) is 32.1 Å². The molecule has 0 aliphatic carbocycles. The van der Waals surface area contributed by atoms with Crippen molar-refractivity contribution in [3.05, 3.63) is 51.8 Å². The van der Waals surface area contributed by atoms with Crippen LogP contribution in [0.25, 0.3) is 0 Å². The number of ether oxygens (including phenoxy) is 1. The highest BCUT2D eigenvalue weighted by Gasteiger charge is 2.31. The maximum Gasteiger partial charge on any atom is 0.339 e. The first-order valence-corrected chi connectivity index (χ1v) is 11.3. The third-order valence-electron chi connectivity index (χ3n) is 5.26. The van der Waals surface area contributed by atoms with Gasteiger partial charge in [-0.15, -0.1) is 0 Å². The molecule has 0 amide bonds. The second-order valence-electron chi connectivity index (χ2n) is 7.15. The zero-order valence-corrected chi connectivity index (χ0v) is 18.6. The SMILES string of the molecule is COC(=O)c1c(C)[nH]c(C(=O)CN2CCN(S(=O)(=O)c3ccccc3Cl)CC2)c1C. The average Bonchev–Trinajstić information content (AvgIpc) is 3.02. The van der Waals surface area contributed by atoms with Gasteiger partial charge in [0, 0.05) is 31.9 Å². The van der Waals surface area contributed by atoms with E-state index in [1.54, 1.807) is 32.0 Å². The Bertz CT molecular complexity index is 1070. The number of aromatic amines is 1. The number of rotatable bonds is 6. The van der Waals surface area contributed by atoms with Crippen LogP contribution in [0.3, 0.4) is 0 Å². The number of Topliss-reactive ketones (excluding diaryl/α,β-unsaturated/α-hetero) is 1. The van der Waals surface area contributed by atoms with Gasteiger partial charge in [0.1, 0.15) is 4.90 Å². The largest absolute Gasteiger partial charge is 0.465 e. The Kier molecular flexibility index (Phi) is 6.66. The second-order valence-corrected chi connectivity index (χ2v) is 9.46. The van der Waals surface area contributed by atoms with E-state index in [4.69, 9.17) is 16.3 Å². The molecule has 2 heterocycles. The molecule has 162 valence electrons. The van der Waals surface area contributed by atoms with Crippen LogP contribution in [0.5, 0.6) is 0 Å². The maximum atomic E-state index is 12.8. The molecule has 1 N–H and O–H groups in total. The van der Waals surface area contributed by atoms with Crippen LogP contribution >= 0.6 is 11.6 Å². The lowest BCUT2D eigenvalue weighted by Gasteiger charge is -2.33. The van der Waals surface area contributed by atoms with Gasteiger partial charge in [-0.3, -0.25) is 9.69 Å². The lowest BCUT2D eigenvalue weighted by atomic mass is 10.1. The number of piperazine rings is 1. The average molecular weight is 454 g/mol. The summed E-state index contributed by atoms with van der Waals surface area (Å²) in [6.07, 6.45) is 0. The summed E-state index contributed by atoms with van der Waals surface area (Å²) in [6, 6.07) is 6.35. The van der Waals surface area contributed by atoms with Gasteiger partial charge in [-0.05, 0) is 31.5 Å². The van der Waals surface area contributed by atoms with E-state index in [0.29, 0.717) is 35.6 Å². The molecule has 0 bridgehead atoms. The zero-order chi connectivity index (χ0) is 22.1. The van der Waals surface area contributed by atoms with Crippen molar-refractivity contribution in [3.63, 3.8) is 0 Å². The number of ketones is 1. The van der Waals surface area contributed by atoms with Crippen molar-refractivity contribution in [2.45, 2.75) is 18.7 Å². The van der Waals surface area contributed by atoms with Gasteiger partial charge in [-0.25, -0.2) is 13.2 Å². The van der Waals surface area contributed by atoms with Crippen LogP contribution in [0.2, 0.25) is 5.02 Å². The fourth-order valence-corrected chi connectivity index (χ4v) is 5.56. The summed E-state index contributed by atoms with van der Waals surface area (Å²) in [7, 11) is -2.39. The molecule has 1 aromatic heterocycles. The number of nitrogens with zero attached hydrogens (tertiary/aromatic N) is 2. The fourth-order valence-electron chi connectivity index (χ4n) is 3.64. The quantitative estimate of drug-likeness (QED) is 0.532. The van der Waals surface area contributed by atoms with E-state index >= 15 is 0 Å². The summed E-state index contributed by atoms with van der Waals surface area (Å²) in [4.78, 5) is 29.7. The smallest absolute Gasteiger partial charge is 0.339 e. The van der Waals surface area contributed by atoms with Crippen molar-refractivity contribution in [1.29, 1.82) is 0 Å². The second kappa shape index (κ2) is 8.89. The van der Waals surface area contributed by atoms with Crippen LogP contribution in [0, 0.1) is 13.8 Å². The van der Waals surface area contributed by atoms with Gasteiger partial charge in [0.05, 0.1) is 29.9 Å². The van der Waals surface area contributed by atoms with Gasteiger partial charge >= 0.3 is 5.97 Å². The third kappa shape index (κ3) is 4.29. The third-order valence-corrected chi connectivity index (χ3v) is 7.66. The lowest BCUT2D eigenvalue weighted by molar-refractivity contribution is 0.0599. The molecule has 1 saturated heterocycles. The number of benzene rings is 1. The van der Waals surface area contributed by atoms with Crippen molar-refractivity contribution in [2.75, 3.05) is 39.8 Å².